The lowest BCUT2D eigenvalue weighted by Crippen LogP contribution is -2.37. The summed E-state index contributed by atoms with van der Waals surface area (Å²) in [5, 5.41) is 0. The first-order chi connectivity index (χ1) is 10.1. The fourth-order valence-electron chi connectivity index (χ4n) is 2.57. The summed E-state index contributed by atoms with van der Waals surface area (Å²) in [6.07, 6.45) is 1.62. The zero-order valence-electron chi connectivity index (χ0n) is 12.9. The van der Waals surface area contributed by atoms with Crippen molar-refractivity contribution in [1.29, 1.82) is 0 Å². The second-order valence-electron chi connectivity index (χ2n) is 5.13. The number of furan rings is 1. The van der Waals surface area contributed by atoms with Gasteiger partial charge in [-0.15, -0.1) is 0 Å². The summed E-state index contributed by atoms with van der Waals surface area (Å²) in [6.45, 7) is 6.01. The predicted octanol–water partition coefficient (Wildman–Crippen LogP) is 3.64. The number of hydrogen-bond acceptors (Lipinski definition) is 3. The van der Waals surface area contributed by atoms with Crippen molar-refractivity contribution in [2.24, 2.45) is 0 Å². The molecule has 4 heteroatoms. The predicted molar refractivity (Wildman–Crippen MR) is 82.4 cm³/mol. The molecule has 2 aromatic rings. The molecule has 21 heavy (non-hydrogen) atoms. The fourth-order valence-corrected chi connectivity index (χ4v) is 2.57. The fraction of sp³-hybridized carbons (Fsp3) is 0.353. The molecule has 1 aromatic carbocycles. The number of amides is 1. The Morgan fingerprint density at radius 3 is 2.43 bits per heavy atom. The maximum atomic E-state index is 12.5. The van der Waals surface area contributed by atoms with E-state index in [1.807, 2.05) is 51.1 Å². The summed E-state index contributed by atoms with van der Waals surface area (Å²) < 4.78 is 10.5. The SMILES string of the molecule is COCC(=O)N(c1c(C)cccc1C)C(C)c1ccco1. The Morgan fingerprint density at radius 1 is 1.24 bits per heavy atom. The van der Waals surface area contributed by atoms with Gasteiger partial charge in [-0.25, -0.2) is 0 Å². The van der Waals surface area contributed by atoms with Crippen LogP contribution in [0.1, 0.15) is 29.9 Å². The van der Waals surface area contributed by atoms with Gasteiger partial charge < -0.3 is 9.15 Å². The van der Waals surface area contributed by atoms with Crippen LogP contribution >= 0.6 is 0 Å². The van der Waals surface area contributed by atoms with E-state index in [-0.39, 0.29) is 18.6 Å². The molecule has 0 N–H and O–H groups in total. The Kier molecular flexibility index (Phi) is 4.81. The van der Waals surface area contributed by atoms with Crippen LogP contribution in [-0.2, 0) is 9.53 Å². The largest absolute Gasteiger partial charge is 0.467 e. The highest BCUT2D eigenvalue weighted by atomic mass is 16.5. The number of carbonyl (C=O) groups is 1. The first-order valence-corrected chi connectivity index (χ1v) is 6.97. The molecule has 0 aliphatic rings. The molecular weight excluding hydrogens is 266 g/mol. The third-order valence-corrected chi connectivity index (χ3v) is 3.56. The Labute approximate surface area is 125 Å². The van der Waals surface area contributed by atoms with E-state index in [0.29, 0.717) is 0 Å². The number of carbonyl (C=O) groups excluding carboxylic acids is 1. The monoisotopic (exact) mass is 287 g/mol. The van der Waals surface area contributed by atoms with Crippen LogP contribution in [0.15, 0.2) is 41.0 Å². The molecule has 0 saturated carbocycles. The van der Waals surface area contributed by atoms with Gasteiger partial charge in [-0.05, 0) is 44.0 Å². The highest BCUT2D eigenvalue weighted by Crippen LogP contribution is 2.32. The number of nitrogens with zero attached hydrogens (tertiary/aromatic N) is 1. The van der Waals surface area contributed by atoms with E-state index >= 15 is 0 Å². The van der Waals surface area contributed by atoms with Crippen molar-refractivity contribution in [3.63, 3.8) is 0 Å². The van der Waals surface area contributed by atoms with Crippen LogP contribution in [0.4, 0.5) is 5.69 Å². The van der Waals surface area contributed by atoms with E-state index in [0.717, 1.165) is 22.6 Å². The molecule has 0 fully saturated rings. The van der Waals surface area contributed by atoms with Gasteiger partial charge in [0.15, 0.2) is 0 Å². The number of rotatable bonds is 5. The zero-order chi connectivity index (χ0) is 15.4. The minimum absolute atomic E-state index is 0.0405. The normalized spacial score (nSPS) is 12.2. The van der Waals surface area contributed by atoms with Gasteiger partial charge in [0.2, 0.25) is 0 Å². The third kappa shape index (κ3) is 3.16. The minimum atomic E-state index is -0.192. The quantitative estimate of drug-likeness (QED) is 0.843. The number of ether oxygens (including phenoxy) is 1. The first kappa shape index (κ1) is 15.3. The van der Waals surface area contributed by atoms with Gasteiger partial charge in [0, 0.05) is 7.11 Å². The number of methoxy groups -OCH3 is 1. The van der Waals surface area contributed by atoms with Crippen LogP contribution in [-0.4, -0.2) is 19.6 Å². The molecule has 0 bridgehead atoms. The summed E-state index contributed by atoms with van der Waals surface area (Å²) in [4.78, 5) is 14.3. The van der Waals surface area contributed by atoms with Crippen molar-refractivity contribution in [1.82, 2.24) is 0 Å². The van der Waals surface area contributed by atoms with Crippen molar-refractivity contribution in [2.45, 2.75) is 26.8 Å². The maximum absolute atomic E-state index is 12.5. The molecule has 1 unspecified atom stereocenters. The van der Waals surface area contributed by atoms with Crippen molar-refractivity contribution >= 4 is 11.6 Å². The van der Waals surface area contributed by atoms with Crippen LogP contribution in [0.5, 0.6) is 0 Å². The smallest absolute Gasteiger partial charge is 0.253 e. The van der Waals surface area contributed by atoms with Crippen LogP contribution in [0, 0.1) is 13.8 Å². The van der Waals surface area contributed by atoms with E-state index < -0.39 is 0 Å². The second-order valence-corrected chi connectivity index (χ2v) is 5.13. The summed E-state index contributed by atoms with van der Waals surface area (Å²) in [5.74, 6) is 0.668. The maximum Gasteiger partial charge on any atom is 0.253 e. The van der Waals surface area contributed by atoms with Crippen LogP contribution in [0.2, 0.25) is 0 Å². The lowest BCUT2D eigenvalue weighted by atomic mass is 10.1. The van der Waals surface area contributed by atoms with Gasteiger partial charge in [0.1, 0.15) is 12.4 Å². The number of hydrogen-bond donors (Lipinski definition) is 0. The van der Waals surface area contributed by atoms with Crippen molar-refractivity contribution in [3.05, 3.63) is 53.5 Å². The molecule has 0 saturated heterocycles. The Bertz CT molecular complexity index is 584. The highest BCUT2D eigenvalue weighted by molar-refractivity contribution is 5.96. The highest BCUT2D eigenvalue weighted by Gasteiger charge is 2.27. The average molecular weight is 287 g/mol. The van der Waals surface area contributed by atoms with Gasteiger partial charge in [0.25, 0.3) is 5.91 Å². The first-order valence-electron chi connectivity index (χ1n) is 6.97. The van der Waals surface area contributed by atoms with Crippen LogP contribution in [0.25, 0.3) is 0 Å². The minimum Gasteiger partial charge on any atom is -0.467 e. The lowest BCUT2D eigenvalue weighted by molar-refractivity contribution is -0.122. The van der Waals surface area contributed by atoms with Gasteiger partial charge >= 0.3 is 0 Å². The van der Waals surface area contributed by atoms with Gasteiger partial charge in [-0.3, -0.25) is 9.69 Å². The average Bonchev–Trinajstić information content (AvgIpc) is 2.96. The zero-order valence-corrected chi connectivity index (χ0v) is 12.9. The topological polar surface area (TPSA) is 42.7 Å². The molecule has 4 nitrogen and oxygen atoms in total. The Morgan fingerprint density at radius 2 is 1.90 bits per heavy atom. The summed E-state index contributed by atoms with van der Waals surface area (Å²) in [5.41, 5.74) is 3.03. The molecule has 1 amide bonds. The molecule has 0 aliphatic carbocycles. The van der Waals surface area contributed by atoms with Crippen LogP contribution < -0.4 is 4.90 Å². The van der Waals surface area contributed by atoms with Crippen molar-refractivity contribution < 1.29 is 13.9 Å². The standard InChI is InChI=1S/C17H21NO3/c1-12-7-5-8-13(2)17(12)18(16(19)11-20-4)14(3)15-9-6-10-21-15/h5-10,14H,11H2,1-4H3. The molecule has 0 aliphatic heterocycles. The van der Waals surface area contributed by atoms with E-state index in [1.54, 1.807) is 11.2 Å². The van der Waals surface area contributed by atoms with Gasteiger partial charge in [-0.2, -0.15) is 0 Å². The van der Waals surface area contributed by atoms with E-state index in [4.69, 9.17) is 9.15 Å². The summed E-state index contributed by atoms with van der Waals surface area (Å²) in [7, 11) is 1.53. The molecule has 1 atom stereocenters. The van der Waals surface area contributed by atoms with Gasteiger partial charge in [-0.1, -0.05) is 18.2 Å². The second kappa shape index (κ2) is 6.59. The molecule has 1 heterocycles. The molecule has 2 rings (SSSR count). The molecule has 112 valence electrons. The summed E-state index contributed by atoms with van der Waals surface area (Å²) >= 11 is 0. The number of benzene rings is 1. The van der Waals surface area contributed by atoms with E-state index in [1.165, 1.54) is 7.11 Å². The number of aryl methyl sites for hydroxylation is 2. The Balaban J connectivity index is 2.48. The van der Waals surface area contributed by atoms with Crippen LogP contribution in [0.3, 0.4) is 0 Å². The van der Waals surface area contributed by atoms with Crippen molar-refractivity contribution in [2.75, 3.05) is 18.6 Å². The number of para-hydroxylation sites is 1. The summed E-state index contributed by atoms with van der Waals surface area (Å²) in [6, 6.07) is 9.52. The van der Waals surface area contributed by atoms with E-state index in [9.17, 15) is 4.79 Å². The molecule has 1 aromatic heterocycles. The third-order valence-electron chi connectivity index (χ3n) is 3.56. The van der Waals surface area contributed by atoms with Gasteiger partial charge in [0.05, 0.1) is 18.0 Å². The Hall–Kier alpha value is -2.07. The van der Waals surface area contributed by atoms with Crippen molar-refractivity contribution in [3.8, 4) is 0 Å². The van der Waals surface area contributed by atoms with E-state index in [2.05, 4.69) is 0 Å². The lowest BCUT2D eigenvalue weighted by Gasteiger charge is -2.30. The molecular formula is C17H21NO3. The molecule has 0 radical (unpaired) electrons. The number of anilines is 1. The molecule has 0 spiro atoms.